The summed E-state index contributed by atoms with van der Waals surface area (Å²) in [5, 5.41) is 0.959. The van der Waals surface area contributed by atoms with Crippen LogP contribution in [-0.2, 0) is 11.2 Å². The molecule has 0 radical (unpaired) electrons. The molecule has 0 aliphatic carbocycles. The van der Waals surface area contributed by atoms with Crippen molar-refractivity contribution in [3.63, 3.8) is 0 Å². The van der Waals surface area contributed by atoms with Gasteiger partial charge in [0.15, 0.2) is 0 Å². The van der Waals surface area contributed by atoms with E-state index in [4.69, 9.17) is 9.72 Å². The van der Waals surface area contributed by atoms with Gasteiger partial charge in [-0.1, -0.05) is 54.6 Å². The summed E-state index contributed by atoms with van der Waals surface area (Å²) in [6, 6.07) is 18.4. The molecule has 1 amide bonds. The number of ether oxygens (including phenoxy) is 1. The van der Waals surface area contributed by atoms with E-state index in [1.165, 1.54) is 17.1 Å². The number of methoxy groups -OCH3 is 1. The summed E-state index contributed by atoms with van der Waals surface area (Å²) in [5.74, 6) is 2.13. The van der Waals surface area contributed by atoms with Crippen molar-refractivity contribution in [3.05, 3.63) is 77.6 Å². The van der Waals surface area contributed by atoms with Gasteiger partial charge in [-0.3, -0.25) is 9.69 Å². The molecule has 0 spiro atoms. The van der Waals surface area contributed by atoms with Gasteiger partial charge in [-0.05, 0) is 36.1 Å². The van der Waals surface area contributed by atoms with Gasteiger partial charge >= 0.3 is 0 Å². The highest BCUT2D eigenvalue weighted by Gasteiger charge is 2.31. The molecular weight excluding hydrogens is 482 g/mol. The normalized spacial score (nSPS) is 17.4. The van der Waals surface area contributed by atoms with Gasteiger partial charge in [-0.15, -0.1) is 0 Å². The van der Waals surface area contributed by atoms with Gasteiger partial charge in [0.25, 0.3) is 0 Å². The van der Waals surface area contributed by atoms with Crippen LogP contribution in [-0.4, -0.2) is 78.0 Å². The first kappa shape index (κ1) is 25.4. The maximum atomic E-state index is 13.2. The highest BCUT2D eigenvalue weighted by atomic mass is 32.1. The second kappa shape index (κ2) is 12.3. The predicted molar refractivity (Wildman–Crippen MR) is 149 cm³/mol. The Morgan fingerprint density at radius 2 is 1.81 bits per heavy atom. The third-order valence-corrected chi connectivity index (χ3v) is 8.04. The Hall–Kier alpha value is -3.23. The molecule has 0 unspecified atom stereocenters. The van der Waals surface area contributed by atoms with Crippen LogP contribution >= 0.6 is 11.5 Å². The second-order valence-corrected chi connectivity index (χ2v) is 10.5. The smallest absolute Gasteiger partial charge is 0.225 e. The van der Waals surface area contributed by atoms with Crippen LogP contribution in [0.1, 0.15) is 29.8 Å². The lowest BCUT2D eigenvalue weighted by Gasteiger charge is -2.38. The van der Waals surface area contributed by atoms with Gasteiger partial charge in [-0.2, -0.15) is 4.37 Å². The molecule has 8 heteroatoms. The van der Waals surface area contributed by atoms with Crippen LogP contribution in [0.25, 0.3) is 6.08 Å². The van der Waals surface area contributed by atoms with E-state index in [1.54, 1.807) is 7.11 Å². The molecule has 5 rings (SSSR count). The van der Waals surface area contributed by atoms with Crippen molar-refractivity contribution in [1.82, 2.24) is 19.2 Å². The average Bonchev–Trinajstić information content (AvgIpc) is 3.42. The van der Waals surface area contributed by atoms with Gasteiger partial charge in [-0.25, -0.2) is 4.98 Å². The Morgan fingerprint density at radius 3 is 2.57 bits per heavy atom. The number of anilines is 1. The number of rotatable bonds is 8. The minimum atomic E-state index is 0.116. The van der Waals surface area contributed by atoms with Crippen molar-refractivity contribution in [2.75, 3.05) is 57.8 Å². The molecule has 0 bridgehead atoms. The zero-order chi connectivity index (χ0) is 25.5. The fourth-order valence-electron chi connectivity index (χ4n) is 5.04. The molecular formula is C29H35N5O2S. The van der Waals surface area contributed by atoms with Gasteiger partial charge in [0.1, 0.15) is 11.6 Å². The van der Waals surface area contributed by atoms with Crippen molar-refractivity contribution < 1.29 is 9.53 Å². The van der Waals surface area contributed by atoms with Crippen LogP contribution < -0.4 is 9.64 Å². The predicted octanol–water partition coefficient (Wildman–Crippen LogP) is 4.21. The summed E-state index contributed by atoms with van der Waals surface area (Å²) in [6.07, 6.45) is 6.84. The number of hydrogen-bond donors (Lipinski definition) is 0. The zero-order valence-electron chi connectivity index (χ0n) is 21.5. The molecule has 3 aromatic rings. The number of piperazine rings is 1. The van der Waals surface area contributed by atoms with E-state index in [0.29, 0.717) is 12.3 Å². The zero-order valence-corrected chi connectivity index (χ0v) is 22.3. The third kappa shape index (κ3) is 6.76. The van der Waals surface area contributed by atoms with E-state index < -0.39 is 0 Å². The Balaban J connectivity index is 1.05. The molecule has 2 saturated heterocycles. The minimum Gasteiger partial charge on any atom is -0.497 e. The number of benzene rings is 2. The van der Waals surface area contributed by atoms with Crippen LogP contribution in [0.3, 0.4) is 0 Å². The molecule has 2 fully saturated rings. The Kier molecular flexibility index (Phi) is 8.48. The van der Waals surface area contributed by atoms with Crippen molar-refractivity contribution in [1.29, 1.82) is 0 Å². The number of carbonyl (C=O) groups excluding carboxylic acids is 1. The molecule has 37 heavy (non-hydrogen) atoms. The van der Waals surface area contributed by atoms with E-state index in [2.05, 4.69) is 61.6 Å². The minimum absolute atomic E-state index is 0.116. The molecule has 0 atom stereocenters. The molecule has 0 N–H and O–H groups in total. The topological polar surface area (TPSA) is 61.8 Å². The monoisotopic (exact) mass is 517 g/mol. The molecule has 2 aliphatic heterocycles. The number of nitrogens with zero attached hydrogens (tertiary/aromatic N) is 5. The molecule has 0 saturated carbocycles. The number of aromatic nitrogens is 2. The van der Waals surface area contributed by atoms with Crippen LogP contribution in [0.15, 0.2) is 60.7 Å². The van der Waals surface area contributed by atoms with Gasteiger partial charge in [0, 0.05) is 69.7 Å². The molecule has 3 heterocycles. The highest BCUT2D eigenvalue weighted by Crippen LogP contribution is 2.27. The molecule has 2 aromatic carbocycles. The lowest BCUT2D eigenvalue weighted by atomic mass is 9.95. The first-order chi connectivity index (χ1) is 18.2. The summed E-state index contributed by atoms with van der Waals surface area (Å²) in [4.78, 5) is 24.8. The van der Waals surface area contributed by atoms with Crippen LogP contribution in [0, 0.1) is 5.92 Å². The maximum absolute atomic E-state index is 13.2. The van der Waals surface area contributed by atoms with Crippen LogP contribution in [0.2, 0.25) is 0 Å². The van der Waals surface area contributed by atoms with Crippen molar-refractivity contribution in [2.45, 2.75) is 19.3 Å². The van der Waals surface area contributed by atoms with E-state index in [0.717, 1.165) is 80.9 Å². The summed E-state index contributed by atoms with van der Waals surface area (Å²) in [7, 11) is 1.68. The standard InChI is InChI=1S/C29H35N5O2S/c1-36-26-11-5-9-24(21-26)22-27-30-29(37-31-27)34-15-12-25(13-16-34)28(35)33-19-17-32(18-20-33)14-6-10-23-7-3-2-4-8-23/h2-11,21,25H,12-20,22H2,1H3. The summed E-state index contributed by atoms with van der Waals surface area (Å²) in [6.45, 7) is 6.15. The first-order valence-electron chi connectivity index (χ1n) is 13.1. The first-order valence-corrected chi connectivity index (χ1v) is 13.9. The molecule has 7 nitrogen and oxygen atoms in total. The highest BCUT2D eigenvalue weighted by molar-refractivity contribution is 7.09. The largest absolute Gasteiger partial charge is 0.497 e. The van der Waals surface area contributed by atoms with E-state index >= 15 is 0 Å². The number of carbonyl (C=O) groups is 1. The number of hydrogen-bond acceptors (Lipinski definition) is 7. The Morgan fingerprint density at radius 1 is 1.03 bits per heavy atom. The summed E-state index contributed by atoms with van der Waals surface area (Å²) >= 11 is 1.46. The SMILES string of the molecule is COc1cccc(Cc2nsc(N3CCC(C(=O)N4CCN(CC=Cc5ccccc5)CC4)CC3)n2)c1. The number of amides is 1. The Bertz CT molecular complexity index is 1180. The van der Waals surface area contributed by atoms with E-state index in [1.807, 2.05) is 24.3 Å². The fourth-order valence-corrected chi connectivity index (χ4v) is 5.78. The fraction of sp³-hybridized carbons (Fsp3) is 0.414. The average molecular weight is 518 g/mol. The molecule has 1 aromatic heterocycles. The molecule has 2 aliphatic rings. The van der Waals surface area contributed by atoms with Crippen molar-refractivity contribution in [3.8, 4) is 5.75 Å². The van der Waals surface area contributed by atoms with E-state index in [9.17, 15) is 4.79 Å². The van der Waals surface area contributed by atoms with Crippen LogP contribution in [0.4, 0.5) is 5.13 Å². The van der Waals surface area contributed by atoms with Crippen molar-refractivity contribution in [2.24, 2.45) is 5.92 Å². The number of piperidine rings is 1. The quantitative estimate of drug-likeness (QED) is 0.446. The van der Waals surface area contributed by atoms with Gasteiger partial charge in [0.2, 0.25) is 11.0 Å². The van der Waals surface area contributed by atoms with Gasteiger partial charge in [0.05, 0.1) is 7.11 Å². The van der Waals surface area contributed by atoms with Gasteiger partial charge < -0.3 is 14.5 Å². The van der Waals surface area contributed by atoms with Crippen LogP contribution in [0.5, 0.6) is 5.75 Å². The summed E-state index contributed by atoms with van der Waals surface area (Å²) < 4.78 is 9.90. The summed E-state index contributed by atoms with van der Waals surface area (Å²) in [5.41, 5.74) is 2.37. The second-order valence-electron chi connectivity index (χ2n) is 9.72. The third-order valence-electron chi connectivity index (χ3n) is 7.23. The lowest BCUT2D eigenvalue weighted by Crippen LogP contribution is -2.51. The van der Waals surface area contributed by atoms with E-state index in [-0.39, 0.29) is 5.92 Å². The lowest BCUT2D eigenvalue weighted by molar-refractivity contribution is -0.137. The molecule has 194 valence electrons. The Labute approximate surface area is 223 Å². The van der Waals surface area contributed by atoms with Crippen molar-refractivity contribution >= 4 is 28.6 Å². The maximum Gasteiger partial charge on any atom is 0.225 e.